The van der Waals surface area contributed by atoms with Crippen LogP contribution < -0.4 is 10.1 Å². The van der Waals surface area contributed by atoms with Crippen LogP contribution in [-0.2, 0) is 5.54 Å². The molecule has 1 aromatic rings. The Bertz CT molecular complexity index is 406. The Labute approximate surface area is 123 Å². The molecular weight excluding hydrogens is 246 g/mol. The third-order valence-electron chi connectivity index (χ3n) is 4.18. The predicted octanol–water partition coefficient (Wildman–Crippen LogP) is 4.63. The molecule has 0 saturated carbocycles. The van der Waals surface area contributed by atoms with E-state index >= 15 is 0 Å². The maximum absolute atomic E-state index is 5.87. The molecule has 1 N–H and O–H groups in total. The van der Waals surface area contributed by atoms with Crippen LogP contribution in [0.3, 0.4) is 0 Å². The number of hydrogen-bond donors (Lipinski definition) is 1. The molecule has 1 saturated heterocycles. The molecule has 2 nitrogen and oxygen atoms in total. The first-order valence-electron chi connectivity index (χ1n) is 8.18. The van der Waals surface area contributed by atoms with Crippen molar-refractivity contribution in [2.75, 3.05) is 6.54 Å². The van der Waals surface area contributed by atoms with Gasteiger partial charge in [-0.15, -0.1) is 0 Å². The monoisotopic (exact) mass is 275 g/mol. The minimum absolute atomic E-state index is 0.154. The highest BCUT2D eigenvalue weighted by Crippen LogP contribution is 2.35. The van der Waals surface area contributed by atoms with Crippen molar-refractivity contribution in [3.05, 3.63) is 29.8 Å². The molecule has 1 aliphatic rings. The zero-order valence-electron chi connectivity index (χ0n) is 13.2. The molecule has 1 aliphatic heterocycles. The summed E-state index contributed by atoms with van der Waals surface area (Å²) in [6.07, 6.45) is 7.86. The minimum Gasteiger partial charge on any atom is -0.491 e. The largest absolute Gasteiger partial charge is 0.491 e. The van der Waals surface area contributed by atoms with E-state index < -0.39 is 0 Å². The first-order valence-corrected chi connectivity index (χ1v) is 8.18. The SMILES string of the molecule is CCCC1(c2cccc(OC(C)C)c2)CCCCCN1. The molecule has 0 aromatic heterocycles. The Morgan fingerprint density at radius 2 is 2.10 bits per heavy atom. The van der Waals surface area contributed by atoms with E-state index in [-0.39, 0.29) is 11.6 Å². The molecular formula is C18H29NO. The fourth-order valence-corrected chi connectivity index (χ4v) is 3.31. The maximum Gasteiger partial charge on any atom is 0.120 e. The summed E-state index contributed by atoms with van der Waals surface area (Å²) >= 11 is 0. The molecule has 1 atom stereocenters. The van der Waals surface area contributed by atoms with Crippen molar-refractivity contribution in [1.29, 1.82) is 0 Å². The number of nitrogens with one attached hydrogen (secondary N) is 1. The lowest BCUT2D eigenvalue weighted by molar-refractivity contribution is 0.240. The quantitative estimate of drug-likeness (QED) is 0.845. The van der Waals surface area contributed by atoms with Gasteiger partial charge in [0.1, 0.15) is 5.75 Å². The first-order chi connectivity index (χ1) is 9.66. The predicted molar refractivity (Wildman–Crippen MR) is 85.3 cm³/mol. The summed E-state index contributed by atoms with van der Waals surface area (Å²) in [4.78, 5) is 0. The second kappa shape index (κ2) is 7.12. The van der Waals surface area contributed by atoms with E-state index in [0.29, 0.717) is 0 Å². The van der Waals surface area contributed by atoms with Crippen molar-refractivity contribution in [2.24, 2.45) is 0 Å². The Morgan fingerprint density at radius 1 is 1.25 bits per heavy atom. The van der Waals surface area contributed by atoms with Gasteiger partial charge in [-0.25, -0.2) is 0 Å². The molecule has 0 aliphatic carbocycles. The van der Waals surface area contributed by atoms with Crippen molar-refractivity contribution in [3.8, 4) is 5.75 Å². The van der Waals surface area contributed by atoms with Crippen LogP contribution in [0.1, 0.15) is 64.9 Å². The Kier molecular flexibility index (Phi) is 5.47. The van der Waals surface area contributed by atoms with E-state index in [1.54, 1.807) is 0 Å². The molecule has 0 radical (unpaired) electrons. The molecule has 2 heteroatoms. The van der Waals surface area contributed by atoms with Crippen molar-refractivity contribution in [1.82, 2.24) is 5.32 Å². The summed E-state index contributed by atoms with van der Waals surface area (Å²) in [5.41, 5.74) is 1.56. The Hall–Kier alpha value is -1.02. The van der Waals surface area contributed by atoms with E-state index in [9.17, 15) is 0 Å². The lowest BCUT2D eigenvalue weighted by Gasteiger charge is -2.35. The van der Waals surface area contributed by atoms with Crippen molar-refractivity contribution in [3.63, 3.8) is 0 Å². The third kappa shape index (κ3) is 3.76. The van der Waals surface area contributed by atoms with Crippen LogP contribution in [0.4, 0.5) is 0 Å². The molecule has 0 spiro atoms. The second-order valence-corrected chi connectivity index (χ2v) is 6.26. The van der Waals surface area contributed by atoms with Crippen LogP contribution in [0.25, 0.3) is 0 Å². The second-order valence-electron chi connectivity index (χ2n) is 6.26. The zero-order valence-corrected chi connectivity index (χ0v) is 13.2. The number of hydrogen-bond acceptors (Lipinski definition) is 2. The maximum atomic E-state index is 5.87. The Morgan fingerprint density at radius 3 is 2.85 bits per heavy atom. The molecule has 1 fully saturated rings. The van der Waals surface area contributed by atoms with Crippen molar-refractivity contribution >= 4 is 0 Å². The van der Waals surface area contributed by atoms with Gasteiger partial charge in [-0.2, -0.15) is 0 Å². The van der Waals surface area contributed by atoms with E-state index in [1.807, 2.05) is 0 Å². The molecule has 0 bridgehead atoms. The van der Waals surface area contributed by atoms with Crippen LogP contribution in [0.5, 0.6) is 5.75 Å². The van der Waals surface area contributed by atoms with Gasteiger partial charge in [-0.3, -0.25) is 0 Å². The summed E-state index contributed by atoms with van der Waals surface area (Å²) < 4.78 is 5.87. The summed E-state index contributed by atoms with van der Waals surface area (Å²) in [5, 5.41) is 3.84. The van der Waals surface area contributed by atoms with Gasteiger partial charge < -0.3 is 10.1 Å². The van der Waals surface area contributed by atoms with Gasteiger partial charge >= 0.3 is 0 Å². The number of rotatable bonds is 5. The van der Waals surface area contributed by atoms with E-state index in [4.69, 9.17) is 4.74 Å². The normalized spacial score (nSPS) is 23.6. The Balaban J connectivity index is 2.27. The first kappa shape index (κ1) is 15.4. The molecule has 20 heavy (non-hydrogen) atoms. The van der Waals surface area contributed by atoms with Crippen LogP contribution >= 0.6 is 0 Å². The standard InChI is InChI=1S/C18H29NO/c1-4-11-18(12-6-5-7-13-19-18)16-9-8-10-17(14-16)20-15(2)3/h8-10,14-15,19H,4-7,11-13H2,1-3H3. The lowest BCUT2D eigenvalue weighted by Crippen LogP contribution is -2.41. The average Bonchev–Trinajstić information content (AvgIpc) is 2.65. The van der Waals surface area contributed by atoms with E-state index in [2.05, 4.69) is 50.4 Å². The molecule has 1 heterocycles. The van der Waals surface area contributed by atoms with Crippen molar-refractivity contribution in [2.45, 2.75) is 70.9 Å². The van der Waals surface area contributed by atoms with Gasteiger partial charge in [0.15, 0.2) is 0 Å². The summed E-state index contributed by atoms with van der Waals surface area (Å²) in [7, 11) is 0. The fraction of sp³-hybridized carbons (Fsp3) is 0.667. The van der Waals surface area contributed by atoms with Gasteiger partial charge in [-0.1, -0.05) is 38.3 Å². The van der Waals surface area contributed by atoms with Crippen LogP contribution in [0.15, 0.2) is 24.3 Å². The molecule has 1 unspecified atom stereocenters. The lowest BCUT2D eigenvalue weighted by atomic mass is 9.81. The summed E-state index contributed by atoms with van der Waals surface area (Å²) in [5.74, 6) is 0.999. The van der Waals surface area contributed by atoms with Crippen LogP contribution in [0.2, 0.25) is 0 Å². The van der Waals surface area contributed by atoms with Crippen LogP contribution in [-0.4, -0.2) is 12.6 Å². The van der Waals surface area contributed by atoms with E-state index in [1.165, 1.54) is 44.1 Å². The molecule has 0 amide bonds. The highest BCUT2D eigenvalue weighted by Gasteiger charge is 2.31. The average molecular weight is 275 g/mol. The van der Waals surface area contributed by atoms with Gasteiger partial charge in [0.05, 0.1) is 6.10 Å². The number of benzene rings is 1. The van der Waals surface area contributed by atoms with Gasteiger partial charge in [0, 0.05) is 5.54 Å². The van der Waals surface area contributed by atoms with Crippen LogP contribution in [0, 0.1) is 0 Å². The van der Waals surface area contributed by atoms with E-state index in [0.717, 1.165) is 12.3 Å². The molecule has 2 rings (SSSR count). The van der Waals surface area contributed by atoms with Gasteiger partial charge in [-0.05, 0) is 57.4 Å². The third-order valence-corrected chi connectivity index (χ3v) is 4.18. The smallest absolute Gasteiger partial charge is 0.120 e. The van der Waals surface area contributed by atoms with Gasteiger partial charge in [0.25, 0.3) is 0 Å². The number of ether oxygens (including phenoxy) is 1. The molecule has 1 aromatic carbocycles. The highest BCUT2D eigenvalue weighted by atomic mass is 16.5. The summed E-state index contributed by atoms with van der Waals surface area (Å²) in [6, 6.07) is 8.71. The zero-order chi connectivity index (χ0) is 14.4. The summed E-state index contributed by atoms with van der Waals surface area (Å²) in [6.45, 7) is 7.58. The van der Waals surface area contributed by atoms with Crippen molar-refractivity contribution < 1.29 is 4.74 Å². The van der Waals surface area contributed by atoms with Gasteiger partial charge in [0.2, 0.25) is 0 Å². The molecule has 112 valence electrons. The minimum atomic E-state index is 0.154. The topological polar surface area (TPSA) is 21.3 Å². The highest BCUT2D eigenvalue weighted by molar-refractivity contribution is 5.34. The fourth-order valence-electron chi connectivity index (χ4n) is 3.31.